The SMILES string of the molecule is CC=Cc1ccccc1.N=C=S. The Balaban J connectivity index is 0.000000354. The minimum Gasteiger partial charge on any atom is -0.248 e. The molecule has 0 heterocycles. The van der Waals surface area contributed by atoms with E-state index in [0.717, 1.165) is 0 Å². The molecular weight excluding hydrogens is 166 g/mol. The molecule has 0 unspecified atom stereocenters. The summed E-state index contributed by atoms with van der Waals surface area (Å²) in [5, 5.41) is 7.36. The van der Waals surface area contributed by atoms with Crippen LogP contribution in [0.3, 0.4) is 0 Å². The minimum absolute atomic E-state index is 1.26. The molecule has 0 saturated carbocycles. The lowest BCUT2D eigenvalue weighted by Gasteiger charge is -1.86. The number of benzene rings is 1. The number of hydrogen-bond donors (Lipinski definition) is 1. The summed E-state index contributed by atoms with van der Waals surface area (Å²) in [5.41, 5.74) is 1.26. The van der Waals surface area contributed by atoms with Crippen molar-refractivity contribution < 1.29 is 0 Å². The van der Waals surface area contributed by atoms with E-state index in [0.29, 0.717) is 0 Å². The number of thiocarbonyl (C=S) groups is 1. The first-order chi connectivity index (χ1) is 5.85. The van der Waals surface area contributed by atoms with Gasteiger partial charge in [0.2, 0.25) is 0 Å². The number of nitrogens with one attached hydrogen (secondary N) is 1. The van der Waals surface area contributed by atoms with Gasteiger partial charge in [-0.05, 0) is 24.7 Å². The highest BCUT2D eigenvalue weighted by atomic mass is 32.1. The summed E-state index contributed by atoms with van der Waals surface area (Å²) < 4.78 is 0. The molecule has 0 aromatic heterocycles. The predicted molar refractivity (Wildman–Crippen MR) is 56.5 cm³/mol. The molecule has 0 fully saturated rings. The Kier molecular flexibility index (Phi) is 7.05. The molecule has 62 valence electrons. The van der Waals surface area contributed by atoms with E-state index in [1.807, 2.05) is 31.2 Å². The molecule has 0 aliphatic rings. The van der Waals surface area contributed by atoms with Gasteiger partial charge in [0, 0.05) is 0 Å². The zero-order chi connectivity index (χ0) is 9.23. The van der Waals surface area contributed by atoms with Crippen molar-refractivity contribution in [3.05, 3.63) is 42.0 Å². The van der Waals surface area contributed by atoms with Gasteiger partial charge in [-0.3, -0.25) is 0 Å². The van der Waals surface area contributed by atoms with Gasteiger partial charge in [0.05, 0.1) is 5.16 Å². The molecule has 0 saturated heterocycles. The van der Waals surface area contributed by atoms with Gasteiger partial charge < -0.3 is 0 Å². The molecule has 12 heavy (non-hydrogen) atoms. The molecule has 1 nitrogen and oxygen atoms in total. The van der Waals surface area contributed by atoms with E-state index in [2.05, 4.69) is 30.4 Å². The van der Waals surface area contributed by atoms with E-state index in [4.69, 9.17) is 5.41 Å². The van der Waals surface area contributed by atoms with Crippen molar-refractivity contribution in [2.75, 3.05) is 0 Å². The fourth-order valence-electron chi connectivity index (χ4n) is 0.757. The summed E-state index contributed by atoms with van der Waals surface area (Å²) in [7, 11) is 0. The van der Waals surface area contributed by atoms with Crippen LogP contribution in [0.1, 0.15) is 12.5 Å². The quantitative estimate of drug-likeness (QED) is 0.516. The third-order valence-corrected chi connectivity index (χ3v) is 1.16. The van der Waals surface area contributed by atoms with E-state index in [9.17, 15) is 0 Å². The van der Waals surface area contributed by atoms with Crippen molar-refractivity contribution >= 4 is 23.5 Å². The van der Waals surface area contributed by atoms with Crippen LogP contribution in [0.4, 0.5) is 0 Å². The fourth-order valence-corrected chi connectivity index (χ4v) is 0.757. The van der Waals surface area contributed by atoms with Crippen LogP contribution in [0, 0.1) is 5.41 Å². The molecule has 0 aliphatic heterocycles. The van der Waals surface area contributed by atoms with Crippen LogP contribution < -0.4 is 0 Å². The lowest BCUT2D eigenvalue weighted by atomic mass is 10.2. The highest BCUT2D eigenvalue weighted by Crippen LogP contribution is 1.99. The van der Waals surface area contributed by atoms with Gasteiger partial charge in [-0.2, -0.15) is 0 Å². The summed E-state index contributed by atoms with van der Waals surface area (Å²) in [4.78, 5) is 0. The molecule has 2 heteroatoms. The van der Waals surface area contributed by atoms with Crippen LogP contribution in [-0.4, -0.2) is 5.16 Å². The van der Waals surface area contributed by atoms with Gasteiger partial charge in [0.1, 0.15) is 0 Å². The van der Waals surface area contributed by atoms with Crippen LogP contribution in [0.15, 0.2) is 36.4 Å². The Morgan fingerprint density at radius 1 is 1.33 bits per heavy atom. The molecule has 0 amide bonds. The van der Waals surface area contributed by atoms with Crippen molar-refractivity contribution in [3.63, 3.8) is 0 Å². The van der Waals surface area contributed by atoms with E-state index in [-0.39, 0.29) is 0 Å². The monoisotopic (exact) mass is 177 g/mol. The molecule has 1 N–H and O–H groups in total. The van der Waals surface area contributed by atoms with Crippen molar-refractivity contribution in [2.45, 2.75) is 6.92 Å². The van der Waals surface area contributed by atoms with Crippen molar-refractivity contribution in [2.24, 2.45) is 0 Å². The Morgan fingerprint density at radius 3 is 2.25 bits per heavy atom. The molecule has 0 radical (unpaired) electrons. The second kappa shape index (κ2) is 7.86. The summed E-state index contributed by atoms with van der Waals surface area (Å²) in [6.45, 7) is 2.02. The van der Waals surface area contributed by atoms with Gasteiger partial charge in [-0.15, -0.1) is 0 Å². The molecule has 1 aromatic rings. The normalized spacial score (nSPS) is 8.42. The second-order valence-corrected chi connectivity index (χ2v) is 2.22. The molecule has 0 aliphatic carbocycles. The minimum atomic E-state index is 1.26. The number of hydrogen-bond acceptors (Lipinski definition) is 2. The van der Waals surface area contributed by atoms with Crippen LogP contribution in [-0.2, 0) is 0 Å². The van der Waals surface area contributed by atoms with Gasteiger partial charge in [-0.25, -0.2) is 5.41 Å². The Labute approximate surface area is 78.3 Å². The highest BCUT2D eigenvalue weighted by molar-refractivity contribution is 7.78. The van der Waals surface area contributed by atoms with Gasteiger partial charge in [0.15, 0.2) is 0 Å². The van der Waals surface area contributed by atoms with Crippen molar-refractivity contribution in [1.82, 2.24) is 0 Å². The number of rotatable bonds is 1. The third-order valence-electron chi connectivity index (χ3n) is 1.16. The summed E-state index contributed by atoms with van der Waals surface area (Å²) >= 11 is 3.81. The number of isothiocyanates is 1. The molecule has 0 spiro atoms. The predicted octanol–water partition coefficient (Wildman–Crippen LogP) is 3.39. The van der Waals surface area contributed by atoms with Crippen LogP contribution in [0.25, 0.3) is 6.08 Å². The van der Waals surface area contributed by atoms with E-state index in [1.165, 1.54) is 5.56 Å². The lowest BCUT2D eigenvalue weighted by molar-refractivity contribution is 1.61. The topological polar surface area (TPSA) is 23.9 Å². The Morgan fingerprint density at radius 2 is 1.83 bits per heavy atom. The maximum Gasteiger partial charge on any atom is 0.0554 e. The smallest absolute Gasteiger partial charge is 0.0554 e. The first-order valence-corrected chi connectivity index (χ1v) is 3.97. The maximum atomic E-state index is 5.77. The Bertz CT molecular complexity index is 258. The average Bonchev–Trinajstić information content (AvgIpc) is 2.08. The maximum absolute atomic E-state index is 5.77. The first kappa shape index (κ1) is 10.8. The second-order valence-electron chi connectivity index (χ2n) is 2.01. The largest absolute Gasteiger partial charge is 0.248 e. The summed E-state index contributed by atoms with van der Waals surface area (Å²) in [6, 6.07) is 10.3. The zero-order valence-corrected chi connectivity index (χ0v) is 7.77. The van der Waals surface area contributed by atoms with Gasteiger partial charge in [-0.1, -0.05) is 42.5 Å². The summed E-state index contributed by atoms with van der Waals surface area (Å²) in [5.74, 6) is 0. The van der Waals surface area contributed by atoms with Crippen LogP contribution in [0.2, 0.25) is 0 Å². The number of allylic oxidation sites excluding steroid dienone is 1. The fraction of sp³-hybridized carbons (Fsp3) is 0.100. The zero-order valence-electron chi connectivity index (χ0n) is 6.95. The van der Waals surface area contributed by atoms with Crippen molar-refractivity contribution in [1.29, 1.82) is 5.41 Å². The molecule has 0 atom stereocenters. The van der Waals surface area contributed by atoms with E-state index < -0.39 is 0 Å². The van der Waals surface area contributed by atoms with Crippen molar-refractivity contribution in [3.8, 4) is 0 Å². The molecule has 1 aromatic carbocycles. The third kappa shape index (κ3) is 5.54. The van der Waals surface area contributed by atoms with Crippen LogP contribution >= 0.6 is 12.2 Å². The van der Waals surface area contributed by atoms with E-state index >= 15 is 0 Å². The van der Waals surface area contributed by atoms with Crippen LogP contribution in [0.5, 0.6) is 0 Å². The average molecular weight is 177 g/mol. The summed E-state index contributed by atoms with van der Waals surface area (Å²) in [6.07, 6.45) is 4.12. The van der Waals surface area contributed by atoms with Gasteiger partial charge in [0.25, 0.3) is 0 Å². The first-order valence-electron chi connectivity index (χ1n) is 3.56. The molecule has 0 bridgehead atoms. The van der Waals surface area contributed by atoms with Gasteiger partial charge >= 0.3 is 0 Å². The molecule has 1 rings (SSSR count). The standard InChI is InChI=1S/C9H10.CHNS/c1-2-6-9-7-4-3-5-8-9;2-1-3/h2-8H,1H3;2H. The Hall–Kier alpha value is -1.24. The molecular formula is C10H11NS. The highest BCUT2D eigenvalue weighted by Gasteiger charge is 1.77. The lowest BCUT2D eigenvalue weighted by Crippen LogP contribution is -1.65. The van der Waals surface area contributed by atoms with E-state index in [1.54, 1.807) is 5.16 Å².